The van der Waals surface area contributed by atoms with Gasteiger partial charge in [0.15, 0.2) is 5.78 Å². The van der Waals surface area contributed by atoms with Crippen LogP contribution in [-0.4, -0.2) is 38.4 Å². The Labute approximate surface area is 145 Å². The van der Waals surface area contributed by atoms with Crippen molar-refractivity contribution in [1.29, 1.82) is 0 Å². The fraction of sp³-hybridized carbons (Fsp3) is 0.381. The summed E-state index contributed by atoms with van der Waals surface area (Å²) in [4.78, 5) is 14.5. The van der Waals surface area contributed by atoms with Gasteiger partial charge in [0.2, 0.25) is 0 Å². The molecule has 2 aromatic rings. The predicted molar refractivity (Wildman–Crippen MR) is 99.0 cm³/mol. The Hall–Kier alpha value is -2.13. The summed E-state index contributed by atoms with van der Waals surface area (Å²) in [7, 11) is 5.83. The van der Waals surface area contributed by atoms with E-state index in [1.165, 1.54) is 5.56 Å². The summed E-state index contributed by atoms with van der Waals surface area (Å²) in [5.74, 6) is 1.04. The quantitative estimate of drug-likeness (QED) is 0.653. The van der Waals surface area contributed by atoms with Crippen LogP contribution in [0.3, 0.4) is 0 Å². The van der Waals surface area contributed by atoms with E-state index in [9.17, 15) is 4.79 Å². The van der Waals surface area contributed by atoms with Crippen LogP contribution in [0, 0.1) is 0 Å². The van der Waals surface area contributed by atoms with Crippen molar-refractivity contribution in [3.8, 4) is 5.75 Å². The monoisotopic (exact) mass is 325 g/mol. The summed E-state index contributed by atoms with van der Waals surface area (Å²) in [5.41, 5.74) is 3.26. The first-order valence-corrected chi connectivity index (χ1v) is 8.48. The van der Waals surface area contributed by atoms with Crippen molar-refractivity contribution in [2.75, 3.05) is 27.7 Å². The van der Waals surface area contributed by atoms with Gasteiger partial charge >= 0.3 is 0 Å². The van der Waals surface area contributed by atoms with E-state index in [2.05, 4.69) is 31.1 Å². The van der Waals surface area contributed by atoms with Crippen LogP contribution in [0.4, 0.5) is 0 Å². The van der Waals surface area contributed by atoms with Gasteiger partial charge in [-0.2, -0.15) is 0 Å². The highest BCUT2D eigenvalue weighted by molar-refractivity contribution is 5.96. The Bertz CT molecular complexity index is 630. The molecular formula is C21H27NO2. The molecule has 0 aliphatic rings. The van der Waals surface area contributed by atoms with E-state index in [-0.39, 0.29) is 5.78 Å². The molecule has 0 bridgehead atoms. The first kappa shape index (κ1) is 18.2. The summed E-state index contributed by atoms with van der Waals surface area (Å²) >= 11 is 0. The number of methoxy groups -OCH3 is 1. The van der Waals surface area contributed by atoms with Gasteiger partial charge in [0.1, 0.15) is 5.75 Å². The van der Waals surface area contributed by atoms with Crippen LogP contribution >= 0.6 is 0 Å². The van der Waals surface area contributed by atoms with E-state index < -0.39 is 0 Å². The zero-order chi connectivity index (χ0) is 17.4. The van der Waals surface area contributed by atoms with Crippen LogP contribution in [-0.2, 0) is 12.8 Å². The molecule has 2 rings (SSSR count). The molecule has 0 aromatic heterocycles. The highest BCUT2D eigenvalue weighted by Crippen LogP contribution is 2.15. The molecule has 0 saturated heterocycles. The van der Waals surface area contributed by atoms with Gasteiger partial charge in [0.05, 0.1) is 7.11 Å². The molecule has 3 nitrogen and oxygen atoms in total. The molecular weight excluding hydrogens is 298 g/mol. The maximum Gasteiger partial charge on any atom is 0.163 e. The summed E-state index contributed by atoms with van der Waals surface area (Å²) in [6, 6.07) is 16.0. The van der Waals surface area contributed by atoms with Gasteiger partial charge in [-0.15, -0.1) is 0 Å². The minimum Gasteiger partial charge on any atom is -0.497 e. The van der Waals surface area contributed by atoms with Crippen molar-refractivity contribution >= 4 is 5.78 Å². The largest absolute Gasteiger partial charge is 0.497 e. The van der Waals surface area contributed by atoms with E-state index in [4.69, 9.17) is 4.74 Å². The molecule has 0 heterocycles. The van der Waals surface area contributed by atoms with Gasteiger partial charge in [-0.3, -0.25) is 4.79 Å². The highest BCUT2D eigenvalue weighted by atomic mass is 16.5. The number of hydrogen-bond acceptors (Lipinski definition) is 3. The number of nitrogens with zero attached hydrogens (tertiary/aromatic N) is 1. The van der Waals surface area contributed by atoms with Gasteiger partial charge < -0.3 is 9.64 Å². The second kappa shape index (κ2) is 9.24. The van der Waals surface area contributed by atoms with Gasteiger partial charge in [-0.25, -0.2) is 0 Å². The Morgan fingerprint density at radius 3 is 2.08 bits per heavy atom. The number of Topliss-reactive ketones (excluding diaryl/α,β-unsaturated/α-hetero) is 1. The van der Waals surface area contributed by atoms with Gasteiger partial charge in [-0.05, 0) is 63.2 Å². The first-order chi connectivity index (χ1) is 11.6. The molecule has 2 aromatic carbocycles. The molecule has 0 amide bonds. The normalized spacial score (nSPS) is 10.8. The van der Waals surface area contributed by atoms with E-state index in [0.29, 0.717) is 6.42 Å². The van der Waals surface area contributed by atoms with E-state index in [0.717, 1.165) is 42.7 Å². The lowest BCUT2D eigenvalue weighted by Crippen LogP contribution is -2.13. The Kier molecular flexibility index (Phi) is 7.01. The molecule has 0 radical (unpaired) electrons. The van der Waals surface area contributed by atoms with E-state index in [1.54, 1.807) is 7.11 Å². The smallest absolute Gasteiger partial charge is 0.163 e. The van der Waals surface area contributed by atoms with Crippen LogP contribution < -0.4 is 4.74 Å². The topological polar surface area (TPSA) is 29.5 Å². The molecule has 0 aliphatic heterocycles. The third-order valence-electron chi connectivity index (χ3n) is 4.15. The number of aryl methyl sites for hydroxylation is 2. The Balaban J connectivity index is 1.83. The number of hydrogen-bond donors (Lipinski definition) is 0. The van der Waals surface area contributed by atoms with Crippen molar-refractivity contribution in [3.63, 3.8) is 0 Å². The van der Waals surface area contributed by atoms with Crippen LogP contribution in [0.15, 0.2) is 48.5 Å². The molecule has 0 atom stereocenters. The summed E-state index contributed by atoms with van der Waals surface area (Å²) < 4.78 is 5.15. The molecule has 0 fully saturated rings. The average Bonchev–Trinajstić information content (AvgIpc) is 2.60. The zero-order valence-corrected chi connectivity index (χ0v) is 14.9. The average molecular weight is 325 g/mol. The fourth-order valence-corrected chi connectivity index (χ4v) is 2.65. The molecule has 0 spiro atoms. The maximum absolute atomic E-state index is 12.3. The molecule has 3 heteroatoms. The second-order valence-electron chi connectivity index (χ2n) is 6.38. The van der Waals surface area contributed by atoms with Crippen LogP contribution in [0.1, 0.15) is 34.3 Å². The lowest BCUT2D eigenvalue weighted by molar-refractivity contribution is 0.0983. The molecule has 0 N–H and O–H groups in total. The molecule has 24 heavy (non-hydrogen) atoms. The Morgan fingerprint density at radius 1 is 0.917 bits per heavy atom. The van der Waals surface area contributed by atoms with Gasteiger partial charge in [0.25, 0.3) is 0 Å². The number of benzene rings is 2. The summed E-state index contributed by atoms with van der Waals surface area (Å²) in [6.07, 6.45) is 3.48. The molecule has 128 valence electrons. The summed E-state index contributed by atoms with van der Waals surface area (Å²) in [5, 5.41) is 0. The molecule has 0 unspecified atom stereocenters. The number of carbonyl (C=O) groups is 1. The predicted octanol–water partition coefficient (Wildman–Crippen LogP) is 4.00. The first-order valence-electron chi connectivity index (χ1n) is 8.48. The second-order valence-corrected chi connectivity index (χ2v) is 6.38. The lowest BCUT2D eigenvalue weighted by atomic mass is 10.0. The standard InChI is InChI=1S/C21H27NO2/c1-22(2)16-4-5-17-6-11-19(12-7-17)21(23)15-10-18-8-13-20(24-3)14-9-18/h6-9,11-14H,4-5,10,15-16H2,1-3H3. The van der Waals surface area contributed by atoms with Crippen molar-refractivity contribution in [2.24, 2.45) is 0 Å². The fourth-order valence-electron chi connectivity index (χ4n) is 2.65. The van der Waals surface area contributed by atoms with Crippen LogP contribution in [0.5, 0.6) is 5.75 Å². The number of ether oxygens (including phenoxy) is 1. The minimum absolute atomic E-state index is 0.200. The maximum atomic E-state index is 12.3. The van der Waals surface area contributed by atoms with Crippen LogP contribution in [0.2, 0.25) is 0 Å². The third kappa shape index (κ3) is 5.82. The van der Waals surface area contributed by atoms with E-state index >= 15 is 0 Å². The highest BCUT2D eigenvalue weighted by Gasteiger charge is 2.06. The third-order valence-corrected chi connectivity index (χ3v) is 4.15. The van der Waals surface area contributed by atoms with Crippen molar-refractivity contribution in [3.05, 3.63) is 65.2 Å². The van der Waals surface area contributed by atoms with Gasteiger partial charge in [0, 0.05) is 12.0 Å². The molecule has 0 aliphatic carbocycles. The Morgan fingerprint density at radius 2 is 1.50 bits per heavy atom. The number of rotatable bonds is 9. The number of ketones is 1. The minimum atomic E-state index is 0.200. The van der Waals surface area contributed by atoms with Gasteiger partial charge in [-0.1, -0.05) is 36.4 Å². The molecule has 0 saturated carbocycles. The van der Waals surface area contributed by atoms with Crippen molar-refractivity contribution in [1.82, 2.24) is 4.90 Å². The van der Waals surface area contributed by atoms with Crippen molar-refractivity contribution in [2.45, 2.75) is 25.7 Å². The SMILES string of the molecule is COc1ccc(CCC(=O)c2ccc(CCCN(C)C)cc2)cc1. The zero-order valence-electron chi connectivity index (χ0n) is 14.9. The van der Waals surface area contributed by atoms with E-state index in [1.807, 2.05) is 36.4 Å². The van der Waals surface area contributed by atoms with Crippen molar-refractivity contribution < 1.29 is 9.53 Å². The number of carbonyl (C=O) groups excluding carboxylic acids is 1. The summed E-state index contributed by atoms with van der Waals surface area (Å²) in [6.45, 7) is 1.09. The lowest BCUT2D eigenvalue weighted by Gasteiger charge is -2.09. The van der Waals surface area contributed by atoms with Crippen LogP contribution in [0.25, 0.3) is 0 Å².